The average Bonchev–Trinajstić information content (AvgIpc) is 2.53. The fourth-order valence-corrected chi connectivity index (χ4v) is 2.61. The van der Waals surface area contributed by atoms with Crippen molar-refractivity contribution in [3.05, 3.63) is 53.3 Å². The molecule has 1 amide bonds. The van der Waals surface area contributed by atoms with Gasteiger partial charge in [-0.15, -0.1) is 0 Å². The predicted octanol–water partition coefficient (Wildman–Crippen LogP) is 1.77. The molecule has 1 aromatic heterocycles. The number of aromatic carboxylic acids is 1. The minimum atomic E-state index is -0.966. The number of hydrogen-bond acceptors (Lipinski definition) is 4. The maximum atomic E-state index is 12.6. The molecule has 1 aromatic carbocycles. The van der Waals surface area contributed by atoms with E-state index in [2.05, 4.69) is 10.2 Å². The molecule has 0 unspecified atom stereocenters. The minimum absolute atomic E-state index is 0.187. The summed E-state index contributed by atoms with van der Waals surface area (Å²) in [6.45, 7) is 0.567. The molecule has 0 saturated carbocycles. The summed E-state index contributed by atoms with van der Waals surface area (Å²) in [7, 11) is 0. The van der Waals surface area contributed by atoms with Crippen molar-refractivity contribution in [1.29, 1.82) is 0 Å². The van der Waals surface area contributed by atoms with Crippen molar-refractivity contribution in [1.82, 2.24) is 10.2 Å². The van der Waals surface area contributed by atoms with Crippen LogP contribution >= 0.6 is 0 Å². The first-order chi connectivity index (χ1) is 10.2. The van der Waals surface area contributed by atoms with Gasteiger partial charge in [0.05, 0.1) is 23.5 Å². The van der Waals surface area contributed by atoms with Gasteiger partial charge in [-0.2, -0.15) is 10.2 Å². The molecule has 2 aromatic rings. The van der Waals surface area contributed by atoms with Crippen LogP contribution in [0, 0.1) is 0 Å². The number of carboxylic acid groups (broad SMARTS) is 1. The van der Waals surface area contributed by atoms with E-state index in [0.717, 1.165) is 6.42 Å². The van der Waals surface area contributed by atoms with Gasteiger partial charge >= 0.3 is 5.97 Å². The van der Waals surface area contributed by atoms with Gasteiger partial charge in [0.25, 0.3) is 5.91 Å². The van der Waals surface area contributed by atoms with Crippen molar-refractivity contribution in [2.45, 2.75) is 12.8 Å². The fraction of sp³-hybridized carbons (Fsp3) is 0.200. The highest BCUT2D eigenvalue weighted by Crippen LogP contribution is 2.30. The molecule has 0 fully saturated rings. The van der Waals surface area contributed by atoms with E-state index in [0.29, 0.717) is 29.8 Å². The number of hydrogen-bond donors (Lipinski definition) is 1. The van der Waals surface area contributed by atoms with Crippen LogP contribution in [0.25, 0.3) is 0 Å². The highest BCUT2D eigenvalue weighted by atomic mass is 16.4. The number of carbonyl (C=O) groups excluding carboxylic acids is 1. The van der Waals surface area contributed by atoms with Crippen LogP contribution in [0.5, 0.6) is 0 Å². The van der Waals surface area contributed by atoms with Crippen molar-refractivity contribution < 1.29 is 14.7 Å². The molecule has 21 heavy (non-hydrogen) atoms. The van der Waals surface area contributed by atoms with Crippen LogP contribution in [0.1, 0.15) is 32.7 Å². The predicted molar refractivity (Wildman–Crippen MR) is 75.4 cm³/mol. The Hall–Kier alpha value is -2.76. The zero-order valence-corrected chi connectivity index (χ0v) is 11.2. The molecule has 1 N–H and O–H groups in total. The number of fused-ring (bicyclic) bond motifs is 1. The number of benzene rings is 1. The third kappa shape index (κ3) is 2.35. The zero-order valence-electron chi connectivity index (χ0n) is 11.2. The number of rotatable bonds is 2. The van der Waals surface area contributed by atoms with Gasteiger partial charge in [0.1, 0.15) is 0 Å². The van der Waals surface area contributed by atoms with Gasteiger partial charge in [0.15, 0.2) is 0 Å². The number of nitrogens with zero attached hydrogens (tertiary/aromatic N) is 3. The summed E-state index contributed by atoms with van der Waals surface area (Å²) >= 11 is 0. The second-order valence-corrected chi connectivity index (χ2v) is 4.80. The maximum Gasteiger partial charge on any atom is 0.336 e. The molecular weight excluding hydrogens is 270 g/mol. The van der Waals surface area contributed by atoms with Gasteiger partial charge in [0.2, 0.25) is 0 Å². The standard InChI is InChI=1S/C15H13N3O3/c19-14(10-6-7-16-17-9-10)18-8-2-4-11-12(15(20)21)3-1-5-13(11)18/h1,3,5-7,9H,2,4,8H2,(H,20,21). The SMILES string of the molecule is O=C(O)c1cccc2c1CCCN2C(=O)c1ccnnc1. The molecule has 3 rings (SSSR count). The largest absolute Gasteiger partial charge is 0.478 e. The second kappa shape index (κ2) is 5.32. The number of amides is 1. The van der Waals surface area contributed by atoms with Crippen molar-refractivity contribution >= 4 is 17.6 Å². The van der Waals surface area contributed by atoms with Crippen LogP contribution in [0.4, 0.5) is 5.69 Å². The summed E-state index contributed by atoms with van der Waals surface area (Å²) < 4.78 is 0. The van der Waals surface area contributed by atoms with E-state index in [1.54, 1.807) is 29.2 Å². The lowest BCUT2D eigenvalue weighted by Gasteiger charge is -2.30. The molecule has 0 aliphatic carbocycles. The van der Waals surface area contributed by atoms with Crippen molar-refractivity contribution in [2.75, 3.05) is 11.4 Å². The molecule has 0 saturated heterocycles. The second-order valence-electron chi connectivity index (χ2n) is 4.80. The third-order valence-electron chi connectivity index (χ3n) is 3.56. The van der Waals surface area contributed by atoms with Crippen LogP contribution in [0.15, 0.2) is 36.7 Å². The van der Waals surface area contributed by atoms with Gasteiger partial charge in [-0.1, -0.05) is 6.07 Å². The van der Waals surface area contributed by atoms with Gasteiger partial charge in [-0.25, -0.2) is 4.79 Å². The monoisotopic (exact) mass is 283 g/mol. The van der Waals surface area contributed by atoms with Crippen LogP contribution in [-0.2, 0) is 6.42 Å². The summed E-state index contributed by atoms with van der Waals surface area (Å²) in [5.74, 6) is -1.15. The van der Waals surface area contributed by atoms with Crippen molar-refractivity contribution in [3.63, 3.8) is 0 Å². The molecular formula is C15H13N3O3. The topological polar surface area (TPSA) is 83.4 Å². The number of aromatic nitrogens is 2. The average molecular weight is 283 g/mol. The van der Waals surface area contributed by atoms with E-state index in [1.165, 1.54) is 12.4 Å². The Bertz CT molecular complexity index is 701. The quantitative estimate of drug-likeness (QED) is 0.908. The fourth-order valence-electron chi connectivity index (χ4n) is 2.61. The lowest BCUT2D eigenvalue weighted by atomic mass is 9.96. The van der Waals surface area contributed by atoms with E-state index in [-0.39, 0.29) is 11.5 Å². The molecule has 106 valence electrons. The van der Waals surface area contributed by atoms with E-state index in [1.807, 2.05) is 0 Å². The third-order valence-corrected chi connectivity index (χ3v) is 3.56. The highest BCUT2D eigenvalue weighted by Gasteiger charge is 2.26. The summed E-state index contributed by atoms with van der Waals surface area (Å²) in [5, 5.41) is 16.6. The Morgan fingerprint density at radius 1 is 1.19 bits per heavy atom. The Kier molecular flexibility index (Phi) is 3.35. The first-order valence-electron chi connectivity index (χ1n) is 6.62. The minimum Gasteiger partial charge on any atom is -0.478 e. The lowest BCUT2D eigenvalue weighted by Crippen LogP contribution is -2.36. The van der Waals surface area contributed by atoms with E-state index in [4.69, 9.17) is 0 Å². The van der Waals surface area contributed by atoms with Gasteiger partial charge < -0.3 is 10.0 Å². The van der Waals surface area contributed by atoms with E-state index >= 15 is 0 Å². The normalized spacial score (nSPS) is 13.6. The Balaban J connectivity index is 2.04. The first-order valence-corrected chi connectivity index (χ1v) is 6.62. The smallest absolute Gasteiger partial charge is 0.336 e. The molecule has 6 nitrogen and oxygen atoms in total. The van der Waals surface area contributed by atoms with Gasteiger partial charge in [-0.05, 0) is 36.6 Å². The lowest BCUT2D eigenvalue weighted by molar-refractivity contribution is 0.0695. The van der Waals surface area contributed by atoms with Crippen LogP contribution in [0.2, 0.25) is 0 Å². The van der Waals surface area contributed by atoms with Crippen LogP contribution in [-0.4, -0.2) is 33.7 Å². The maximum absolute atomic E-state index is 12.6. The number of carbonyl (C=O) groups is 2. The molecule has 0 spiro atoms. The molecule has 6 heteroatoms. The van der Waals surface area contributed by atoms with Gasteiger partial charge in [-0.3, -0.25) is 4.79 Å². The van der Waals surface area contributed by atoms with Crippen LogP contribution < -0.4 is 4.90 Å². The van der Waals surface area contributed by atoms with Crippen molar-refractivity contribution in [2.24, 2.45) is 0 Å². The zero-order chi connectivity index (χ0) is 14.8. The summed E-state index contributed by atoms with van der Waals surface area (Å²) in [4.78, 5) is 25.5. The van der Waals surface area contributed by atoms with E-state index in [9.17, 15) is 14.7 Å². The molecule has 0 bridgehead atoms. The van der Waals surface area contributed by atoms with Crippen molar-refractivity contribution in [3.8, 4) is 0 Å². The molecule has 2 heterocycles. The Morgan fingerprint density at radius 2 is 2.05 bits per heavy atom. The number of carboxylic acids is 1. The first kappa shape index (κ1) is 13.2. The summed E-state index contributed by atoms with van der Waals surface area (Å²) in [5.41, 5.74) is 2.09. The molecule has 0 atom stereocenters. The molecule has 1 aliphatic heterocycles. The van der Waals surface area contributed by atoms with E-state index < -0.39 is 5.97 Å². The van der Waals surface area contributed by atoms with Gasteiger partial charge in [0, 0.05) is 12.2 Å². The number of anilines is 1. The summed E-state index contributed by atoms with van der Waals surface area (Å²) in [6.07, 6.45) is 4.28. The summed E-state index contributed by atoms with van der Waals surface area (Å²) in [6, 6.07) is 6.62. The Labute approximate surface area is 121 Å². The van der Waals surface area contributed by atoms with Crippen LogP contribution in [0.3, 0.4) is 0 Å². The molecule has 1 aliphatic rings. The molecule has 0 radical (unpaired) electrons. The Morgan fingerprint density at radius 3 is 2.76 bits per heavy atom. The highest BCUT2D eigenvalue weighted by molar-refractivity contribution is 6.07.